The number of benzene rings is 2. The highest BCUT2D eigenvalue weighted by molar-refractivity contribution is 5.87. The molecule has 6 heteroatoms. The molecule has 3 heterocycles. The highest BCUT2D eigenvalue weighted by Gasteiger charge is 2.18. The van der Waals surface area contributed by atoms with Crippen LogP contribution >= 0.6 is 0 Å². The predicted molar refractivity (Wildman–Crippen MR) is 139 cm³/mol. The zero-order chi connectivity index (χ0) is 23.9. The predicted octanol–water partition coefficient (Wildman–Crippen LogP) is 4.88. The summed E-state index contributed by atoms with van der Waals surface area (Å²) in [4.78, 5) is 18.7. The molecule has 0 atom stereocenters. The van der Waals surface area contributed by atoms with Crippen molar-refractivity contribution >= 4 is 11.0 Å². The normalized spacial score (nSPS) is 14.9. The Kier molecular flexibility index (Phi) is 7.51. The van der Waals surface area contributed by atoms with E-state index in [4.69, 9.17) is 9.15 Å². The maximum absolute atomic E-state index is 12.1. The Labute approximate surface area is 205 Å². The molecule has 0 saturated carbocycles. The van der Waals surface area contributed by atoms with Gasteiger partial charge in [0.2, 0.25) is 0 Å². The first-order valence-electron chi connectivity index (χ1n) is 12.4. The van der Waals surface area contributed by atoms with Crippen molar-refractivity contribution in [3.63, 3.8) is 0 Å². The van der Waals surface area contributed by atoms with Crippen molar-refractivity contribution in [3.05, 3.63) is 95.1 Å². The van der Waals surface area contributed by atoms with Crippen molar-refractivity contribution in [2.45, 2.75) is 31.8 Å². The largest absolute Gasteiger partial charge is 0.492 e. The molecule has 0 amide bonds. The van der Waals surface area contributed by atoms with Crippen molar-refractivity contribution in [1.29, 1.82) is 0 Å². The number of likely N-dealkylation sites (tertiary alicyclic amines) is 1. The van der Waals surface area contributed by atoms with Crippen LogP contribution in [0.5, 0.6) is 5.75 Å². The van der Waals surface area contributed by atoms with Crippen LogP contribution in [0, 0.1) is 0 Å². The molecule has 1 fully saturated rings. The molecule has 0 unspecified atom stereocenters. The third-order valence-corrected chi connectivity index (χ3v) is 6.62. The molecule has 1 saturated heterocycles. The molecule has 0 spiro atoms. The second-order valence-electron chi connectivity index (χ2n) is 9.06. The third kappa shape index (κ3) is 6.15. The van der Waals surface area contributed by atoms with Crippen LogP contribution in [0.3, 0.4) is 0 Å². The van der Waals surface area contributed by atoms with Crippen molar-refractivity contribution in [3.8, 4) is 16.9 Å². The molecular weight excluding hydrogens is 438 g/mol. The van der Waals surface area contributed by atoms with Gasteiger partial charge in [0.15, 0.2) is 0 Å². The first-order valence-corrected chi connectivity index (χ1v) is 12.4. The van der Waals surface area contributed by atoms with Gasteiger partial charge in [-0.05, 0) is 73.3 Å². The van der Waals surface area contributed by atoms with Gasteiger partial charge in [-0.25, -0.2) is 4.79 Å². The molecule has 2 aromatic heterocycles. The van der Waals surface area contributed by atoms with Gasteiger partial charge in [-0.15, -0.1) is 0 Å². The SMILES string of the molecule is O=c1cc(OCCCN2CCC(NCc3ccccc3)CC2)c2ccc(-c3ccncc3)cc2o1. The minimum atomic E-state index is -0.399. The van der Waals surface area contributed by atoms with Crippen molar-refractivity contribution in [1.82, 2.24) is 15.2 Å². The Bertz CT molecular complexity index is 1280. The van der Waals surface area contributed by atoms with Gasteiger partial charge in [0.1, 0.15) is 11.3 Å². The van der Waals surface area contributed by atoms with Crippen LogP contribution in [-0.2, 0) is 6.54 Å². The van der Waals surface area contributed by atoms with Crippen LogP contribution in [0.15, 0.2) is 88.3 Å². The lowest BCUT2D eigenvalue weighted by atomic mass is 10.0. The highest BCUT2D eigenvalue weighted by Crippen LogP contribution is 2.28. The number of hydrogen-bond acceptors (Lipinski definition) is 6. The molecule has 2 aromatic carbocycles. The van der Waals surface area contributed by atoms with Crippen LogP contribution in [0.2, 0.25) is 0 Å². The number of piperidine rings is 1. The van der Waals surface area contributed by atoms with E-state index in [1.54, 1.807) is 12.4 Å². The van der Waals surface area contributed by atoms with E-state index in [0.717, 1.165) is 62.0 Å². The molecule has 35 heavy (non-hydrogen) atoms. The summed E-state index contributed by atoms with van der Waals surface area (Å²) in [5.41, 5.74) is 3.47. The van der Waals surface area contributed by atoms with Crippen LogP contribution in [0.4, 0.5) is 0 Å². The minimum Gasteiger partial charge on any atom is -0.492 e. The van der Waals surface area contributed by atoms with Crippen LogP contribution in [0.1, 0.15) is 24.8 Å². The Morgan fingerprint density at radius 3 is 2.57 bits per heavy atom. The summed E-state index contributed by atoms with van der Waals surface area (Å²) in [6, 6.07) is 22.3. The number of rotatable bonds is 9. The summed E-state index contributed by atoms with van der Waals surface area (Å²) in [5, 5.41) is 4.50. The van der Waals surface area contributed by atoms with Gasteiger partial charge >= 0.3 is 5.63 Å². The van der Waals surface area contributed by atoms with E-state index < -0.39 is 5.63 Å². The summed E-state index contributed by atoms with van der Waals surface area (Å²) in [5.74, 6) is 0.585. The van der Waals surface area contributed by atoms with E-state index in [2.05, 4.69) is 45.5 Å². The second kappa shape index (κ2) is 11.3. The molecule has 1 aliphatic rings. The fourth-order valence-corrected chi connectivity index (χ4v) is 4.67. The highest BCUT2D eigenvalue weighted by atomic mass is 16.5. The van der Waals surface area contributed by atoms with Crippen LogP contribution in [0.25, 0.3) is 22.1 Å². The van der Waals surface area contributed by atoms with Crippen molar-refractivity contribution in [2.24, 2.45) is 0 Å². The molecule has 4 aromatic rings. The van der Waals surface area contributed by atoms with Gasteiger partial charge in [-0.1, -0.05) is 36.4 Å². The maximum atomic E-state index is 12.1. The van der Waals surface area contributed by atoms with E-state index in [0.29, 0.717) is 24.0 Å². The van der Waals surface area contributed by atoms with Gasteiger partial charge in [-0.2, -0.15) is 0 Å². The minimum absolute atomic E-state index is 0.399. The van der Waals surface area contributed by atoms with Gasteiger partial charge in [0, 0.05) is 31.5 Å². The first kappa shape index (κ1) is 23.3. The Hall–Kier alpha value is -3.48. The number of aromatic nitrogens is 1. The quantitative estimate of drug-likeness (QED) is 0.278. The molecule has 5 rings (SSSR count). The lowest BCUT2D eigenvalue weighted by Crippen LogP contribution is -2.42. The molecule has 0 aliphatic carbocycles. The Morgan fingerprint density at radius 2 is 1.77 bits per heavy atom. The molecule has 1 aliphatic heterocycles. The fourth-order valence-electron chi connectivity index (χ4n) is 4.67. The van der Waals surface area contributed by atoms with Gasteiger partial charge < -0.3 is 19.4 Å². The zero-order valence-corrected chi connectivity index (χ0v) is 19.9. The number of nitrogens with zero attached hydrogens (tertiary/aromatic N) is 2. The Balaban J connectivity index is 1.10. The second-order valence-corrected chi connectivity index (χ2v) is 9.06. The molecule has 6 nitrogen and oxygen atoms in total. The molecule has 0 bridgehead atoms. The summed E-state index contributed by atoms with van der Waals surface area (Å²) < 4.78 is 11.5. The van der Waals surface area contributed by atoms with E-state index in [9.17, 15) is 4.79 Å². The lowest BCUT2D eigenvalue weighted by molar-refractivity contribution is 0.182. The number of ether oxygens (including phenoxy) is 1. The zero-order valence-electron chi connectivity index (χ0n) is 19.9. The van der Waals surface area contributed by atoms with Crippen LogP contribution in [-0.4, -0.2) is 42.2 Å². The van der Waals surface area contributed by atoms with Crippen LogP contribution < -0.4 is 15.7 Å². The van der Waals surface area contributed by atoms with Gasteiger partial charge in [0.05, 0.1) is 18.1 Å². The maximum Gasteiger partial charge on any atom is 0.339 e. The average molecular weight is 470 g/mol. The van der Waals surface area contributed by atoms with E-state index >= 15 is 0 Å². The lowest BCUT2D eigenvalue weighted by Gasteiger charge is -2.32. The number of hydrogen-bond donors (Lipinski definition) is 1. The topological polar surface area (TPSA) is 67.6 Å². The van der Waals surface area contributed by atoms with Gasteiger partial charge in [-0.3, -0.25) is 4.98 Å². The number of nitrogens with one attached hydrogen (secondary N) is 1. The number of fused-ring (bicyclic) bond motifs is 1. The van der Waals surface area contributed by atoms with Gasteiger partial charge in [0.25, 0.3) is 0 Å². The summed E-state index contributed by atoms with van der Waals surface area (Å²) in [6.07, 6.45) is 6.74. The van der Waals surface area contributed by atoms with E-state index in [-0.39, 0.29) is 0 Å². The summed E-state index contributed by atoms with van der Waals surface area (Å²) in [6.45, 7) is 4.69. The molecule has 0 radical (unpaired) electrons. The average Bonchev–Trinajstić information content (AvgIpc) is 2.91. The van der Waals surface area contributed by atoms with E-state index in [1.807, 2.05) is 30.3 Å². The monoisotopic (exact) mass is 469 g/mol. The Morgan fingerprint density at radius 1 is 0.971 bits per heavy atom. The molecule has 1 N–H and O–H groups in total. The summed E-state index contributed by atoms with van der Waals surface area (Å²) in [7, 11) is 0. The molecular formula is C29H31N3O3. The first-order chi connectivity index (χ1) is 17.2. The van der Waals surface area contributed by atoms with E-state index in [1.165, 1.54) is 11.6 Å². The summed E-state index contributed by atoms with van der Waals surface area (Å²) >= 11 is 0. The number of pyridine rings is 1. The smallest absolute Gasteiger partial charge is 0.339 e. The molecule has 180 valence electrons. The standard InChI is InChI=1S/C29H31N3O3/c33-29-20-27(26-8-7-24(19-28(26)35-29)23-9-13-30-14-10-23)34-18-4-15-32-16-11-25(12-17-32)31-21-22-5-2-1-3-6-22/h1-3,5-10,13-14,19-20,25,31H,4,11-12,15-18,21H2. The van der Waals surface area contributed by atoms with Crippen molar-refractivity contribution in [2.75, 3.05) is 26.2 Å². The van der Waals surface area contributed by atoms with Crippen molar-refractivity contribution < 1.29 is 9.15 Å². The third-order valence-electron chi connectivity index (χ3n) is 6.62. The fraction of sp³-hybridized carbons (Fsp3) is 0.310.